The van der Waals surface area contributed by atoms with Gasteiger partial charge in [-0.15, -0.1) is 0 Å². The van der Waals surface area contributed by atoms with Crippen LogP contribution in [0.1, 0.15) is 30.1 Å². The molecule has 4 heterocycles. The number of rotatable bonds is 5. The minimum Gasteiger partial charge on any atom is -0.465 e. The molecular weight excluding hydrogens is 420 g/mol. The van der Waals surface area contributed by atoms with E-state index < -0.39 is 10.0 Å². The predicted octanol–water partition coefficient (Wildman–Crippen LogP) is 1.92. The van der Waals surface area contributed by atoms with Crippen LogP contribution in [0.4, 0.5) is 0 Å². The molecule has 0 N–H and O–H groups in total. The molecule has 0 aromatic carbocycles. The van der Waals surface area contributed by atoms with Gasteiger partial charge < -0.3 is 18.7 Å². The smallest absolute Gasteiger partial charge is 0.248 e. The molecule has 10 heteroatoms. The molecule has 31 heavy (non-hydrogen) atoms. The zero-order valence-electron chi connectivity index (χ0n) is 17.9. The highest BCUT2D eigenvalue weighted by Gasteiger charge is 2.37. The molecule has 0 unspecified atom stereocenters. The van der Waals surface area contributed by atoms with Crippen LogP contribution in [0.25, 0.3) is 12.2 Å². The number of carbonyl (C=O) groups excluding carboxylic acids is 1. The van der Waals surface area contributed by atoms with E-state index in [9.17, 15) is 13.2 Å². The quantitative estimate of drug-likeness (QED) is 0.689. The number of likely N-dealkylation sites (N-methyl/N-ethyl adjacent to an activating group) is 1. The summed E-state index contributed by atoms with van der Waals surface area (Å²) in [6, 6.07) is 3.51. The van der Waals surface area contributed by atoms with Crippen LogP contribution < -0.4 is 0 Å². The maximum atomic E-state index is 13.3. The Balaban J connectivity index is 1.44. The van der Waals surface area contributed by atoms with Crippen molar-refractivity contribution in [2.75, 3.05) is 46.3 Å². The summed E-state index contributed by atoms with van der Waals surface area (Å²) < 4.78 is 38.6. The molecule has 2 aliphatic heterocycles. The van der Waals surface area contributed by atoms with Gasteiger partial charge in [-0.3, -0.25) is 4.79 Å². The fourth-order valence-electron chi connectivity index (χ4n) is 4.10. The number of piperidine rings is 1. The van der Waals surface area contributed by atoms with Gasteiger partial charge in [0.15, 0.2) is 10.7 Å². The van der Waals surface area contributed by atoms with Gasteiger partial charge in [-0.25, -0.2) is 8.42 Å². The first-order valence-corrected chi connectivity index (χ1v) is 12.0. The van der Waals surface area contributed by atoms with Crippen molar-refractivity contribution in [3.05, 3.63) is 35.6 Å². The fraction of sp³-hybridized carbons (Fsp3) is 0.524. The summed E-state index contributed by atoms with van der Waals surface area (Å²) in [5.41, 5.74) is 0.315. The summed E-state index contributed by atoms with van der Waals surface area (Å²) in [4.78, 5) is 17.0. The van der Waals surface area contributed by atoms with E-state index >= 15 is 0 Å². The molecule has 4 rings (SSSR count). The minimum absolute atomic E-state index is 0.0687. The highest BCUT2D eigenvalue weighted by Crippen LogP contribution is 2.30. The lowest BCUT2D eigenvalue weighted by Gasteiger charge is -2.37. The van der Waals surface area contributed by atoms with Gasteiger partial charge >= 0.3 is 0 Å². The lowest BCUT2D eigenvalue weighted by molar-refractivity contribution is -0.138. The summed E-state index contributed by atoms with van der Waals surface area (Å²) in [6.45, 7) is 5.44. The molecule has 2 saturated heterocycles. The van der Waals surface area contributed by atoms with Gasteiger partial charge in [0.2, 0.25) is 15.9 Å². The summed E-state index contributed by atoms with van der Waals surface area (Å²) in [5.74, 6) is 0.773. The van der Waals surface area contributed by atoms with Crippen molar-refractivity contribution in [2.24, 2.45) is 5.92 Å². The number of carbonyl (C=O) groups is 1. The first-order chi connectivity index (χ1) is 14.9. The van der Waals surface area contributed by atoms with E-state index in [1.807, 2.05) is 4.90 Å². The van der Waals surface area contributed by atoms with E-state index in [1.165, 1.54) is 10.6 Å². The minimum atomic E-state index is -3.79. The number of hydrogen-bond acceptors (Lipinski definition) is 7. The number of piperazine rings is 1. The average Bonchev–Trinajstić information content (AvgIpc) is 3.42. The van der Waals surface area contributed by atoms with Gasteiger partial charge in [-0.1, -0.05) is 5.16 Å². The first-order valence-electron chi connectivity index (χ1n) is 10.5. The van der Waals surface area contributed by atoms with Crippen LogP contribution in [-0.2, 0) is 14.8 Å². The third-order valence-corrected chi connectivity index (χ3v) is 8.05. The number of sulfonamides is 1. The highest BCUT2D eigenvalue weighted by atomic mass is 32.2. The molecule has 0 bridgehead atoms. The summed E-state index contributed by atoms with van der Waals surface area (Å²) in [5, 5.41) is 3.86. The van der Waals surface area contributed by atoms with Crippen LogP contribution in [0.3, 0.4) is 0 Å². The van der Waals surface area contributed by atoms with Crippen molar-refractivity contribution in [1.82, 2.24) is 19.3 Å². The van der Waals surface area contributed by atoms with E-state index in [1.54, 1.807) is 31.2 Å². The summed E-state index contributed by atoms with van der Waals surface area (Å²) in [7, 11) is -1.74. The Kier molecular flexibility index (Phi) is 6.31. The van der Waals surface area contributed by atoms with Crippen molar-refractivity contribution in [3.8, 4) is 0 Å². The van der Waals surface area contributed by atoms with Gasteiger partial charge in [0.05, 0.1) is 6.26 Å². The molecule has 0 radical (unpaired) electrons. The first kappa shape index (κ1) is 21.8. The highest BCUT2D eigenvalue weighted by molar-refractivity contribution is 7.89. The lowest BCUT2D eigenvalue weighted by atomic mass is 9.96. The third kappa shape index (κ3) is 4.60. The van der Waals surface area contributed by atoms with E-state index in [-0.39, 0.29) is 22.5 Å². The van der Waals surface area contributed by atoms with Crippen LogP contribution in [0, 0.1) is 12.8 Å². The number of aromatic nitrogens is 1. The second-order valence-electron chi connectivity index (χ2n) is 8.12. The van der Waals surface area contributed by atoms with Crippen molar-refractivity contribution >= 4 is 28.1 Å². The average molecular weight is 449 g/mol. The largest absolute Gasteiger partial charge is 0.465 e. The Morgan fingerprint density at radius 3 is 2.48 bits per heavy atom. The van der Waals surface area contributed by atoms with Crippen molar-refractivity contribution in [2.45, 2.75) is 24.7 Å². The fourth-order valence-corrected chi connectivity index (χ4v) is 5.82. The van der Waals surface area contributed by atoms with E-state index in [0.29, 0.717) is 37.4 Å². The molecule has 2 aromatic rings. The Bertz CT molecular complexity index is 1030. The Labute approximate surface area is 182 Å². The Hall–Kier alpha value is -2.43. The van der Waals surface area contributed by atoms with Crippen LogP contribution >= 0.6 is 0 Å². The maximum Gasteiger partial charge on any atom is 0.248 e. The molecule has 0 aliphatic carbocycles. The van der Waals surface area contributed by atoms with Gasteiger partial charge in [0.1, 0.15) is 11.5 Å². The second-order valence-corrected chi connectivity index (χ2v) is 9.99. The predicted molar refractivity (Wildman–Crippen MR) is 114 cm³/mol. The van der Waals surface area contributed by atoms with Crippen molar-refractivity contribution in [3.63, 3.8) is 0 Å². The standard InChI is InChI=1S/C21H28N4O5S/c1-16-20(19(30-22-16)6-5-18-4-3-15-29-18)31(27,28)25-9-7-17(8-10-25)21(26)24-13-11-23(2)12-14-24/h3-6,15,17H,7-14H2,1-2H3/b6-5+. The van der Waals surface area contributed by atoms with Crippen molar-refractivity contribution in [1.29, 1.82) is 0 Å². The lowest BCUT2D eigenvalue weighted by Crippen LogP contribution is -2.51. The third-order valence-electron chi connectivity index (χ3n) is 5.99. The molecule has 1 amide bonds. The zero-order chi connectivity index (χ0) is 22.0. The van der Waals surface area contributed by atoms with Crippen LogP contribution in [-0.4, -0.2) is 79.9 Å². The number of hydrogen-bond donors (Lipinski definition) is 0. The van der Waals surface area contributed by atoms with Crippen LogP contribution in [0.5, 0.6) is 0 Å². The monoisotopic (exact) mass is 448 g/mol. The zero-order valence-corrected chi connectivity index (χ0v) is 18.7. The number of amides is 1. The molecule has 2 aliphatic rings. The molecule has 168 valence electrons. The normalized spacial score (nSPS) is 20.0. The summed E-state index contributed by atoms with van der Waals surface area (Å²) >= 11 is 0. The molecular formula is C21H28N4O5S. The van der Waals surface area contributed by atoms with Crippen LogP contribution in [0.2, 0.25) is 0 Å². The molecule has 2 fully saturated rings. The van der Waals surface area contributed by atoms with E-state index in [2.05, 4.69) is 17.1 Å². The topological polar surface area (TPSA) is 100 Å². The van der Waals surface area contributed by atoms with E-state index in [4.69, 9.17) is 8.94 Å². The number of furan rings is 1. The van der Waals surface area contributed by atoms with Crippen molar-refractivity contribution < 1.29 is 22.2 Å². The van der Waals surface area contributed by atoms with E-state index in [0.717, 1.165) is 26.2 Å². The second kappa shape index (κ2) is 8.97. The molecule has 9 nitrogen and oxygen atoms in total. The SMILES string of the molecule is Cc1noc(/C=C/c2ccco2)c1S(=O)(=O)N1CCC(C(=O)N2CCN(C)CC2)CC1. The maximum absolute atomic E-state index is 13.3. The van der Waals surface area contributed by atoms with Crippen LogP contribution in [0.15, 0.2) is 32.2 Å². The molecule has 0 spiro atoms. The van der Waals surface area contributed by atoms with Gasteiger partial charge in [-0.2, -0.15) is 4.31 Å². The summed E-state index contributed by atoms with van der Waals surface area (Å²) in [6.07, 6.45) is 5.77. The molecule has 0 atom stereocenters. The van der Waals surface area contributed by atoms with Gasteiger partial charge in [0, 0.05) is 45.2 Å². The molecule has 2 aromatic heterocycles. The number of aryl methyl sites for hydroxylation is 1. The number of nitrogens with zero attached hydrogens (tertiary/aromatic N) is 4. The Morgan fingerprint density at radius 1 is 1.13 bits per heavy atom. The molecule has 0 saturated carbocycles. The van der Waals surface area contributed by atoms with Gasteiger partial charge in [0.25, 0.3) is 0 Å². The Morgan fingerprint density at radius 2 is 1.84 bits per heavy atom. The van der Waals surface area contributed by atoms with Gasteiger partial charge in [-0.05, 0) is 51.1 Å².